The second kappa shape index (κ2) is 12.6. The van der Waals surface area contributed by atoms with E-state index in [2.05, 4.69) is 25.0 Å². The Balaban J connectivity index is 0.00000361. The molecule has 0 saturated carbocycles. The molecule has 0 spiro atoms. The number of rotatable bonds is 7. The summed E-state index contributed by atoms with van der Waals surface area (Å²) in [6.07, 6.45) is 8.00. The molecule has 0 atom stereocenters. The summed E-state index contributed by atoms with van der Waals surface area (Å²) in [6.45, 7) is 0.624. The van der Waals surface area contributed by atoms with E-state index in [-0.39, 0.29) is 29.8 Å². The van der Waals surface area contributed by atoms with Gasteiger partial charge in [-0.1, -0.05) is 12.1 Å². The molecule has 11 heteroatoms. The van der Waals surface area contributed by atoms with Crippen LogP contribution in [0.1, 0.15) is 21.5 Å². The lowest BCUT2D eigenvalue weighted by Gasteiger charge is -2.15. The van der Waals surface area contributed by atoms with Crippen molar-refractivity contribution in [2.75, 3.05) is 12.4 Å². The van der Waals surface area contributed by atoms with Crippen molar-refractivity contribution in [1.82, 2.24) is 14.9 Å². The lowest BCUT2D eigenvalue weighted by atomic mass is 10.2. The Bertz CT molecular complexity index is 1280. The topological polar surface area (TPSA) is 114 Å². The van der Waals surface area contributed by atoms with Crippen LogP contribution in [0.15, 0.2) is 89.3 Å². The molecule has 0 radical (unpaired) electrons. The normalized spacial score (nSPS) is 15.0. The third-order valence-corrected chi connectivity index (χ3v) is 5.95. The molecule has 1 aliphatic heterocycles. The van der Waals surface area contributed by atoms with Gasteiger partial charge in [-0.15, -0.1) is 12.4 Å². The van der Waals surface area contributed by atoms with E-state index in [4.69, 9.17) is 0 Å². The van der Waals surface area contributed by atoms with Crippen LogP contribution < -0.4 is 5.32 Å². The van der Waals surface area contributed by atoms with Crippen LogP contribution >= 0.6 is 24.2 Å². The molecule has 3 heterocycles. The van der Waals surface area contributed by atoms with Gasteiger partial charge in [-0.2, -0.15) is 0 Å². The highest BCUT2D eigenvalue weighted by Crippen LogP contribution is 2.32. The van der Waals surface area contributed by atoms with Crippen molar-refractivity contribution in [3.05, 3.63) is 101 Å². The quantitative estimate of drug-likeness (QED) is 0.369. The number of nitrogens with zero attached hydrogens (tertiary/aromatic N) is 4. The number of halogens is 1. The van der Waals surface area contributed by atoms with E-state index in [0.29, 0.717) is 23.0 Å². The predicted molar refractivity (Wildman–Crippen MR) is 139 cm³/mol. The van der Waals surface area contributed by atoms with Crippen LogP contribution in [0, 0.1) is 0 Å². The number of nitrogens with one attached hydrogen (secondary N) is 1. The van der Waals surface area contributed by atoms with Crippen LogP contribution in [0.25, 0.3) is 0 Å². The van der Waals surface area contributed by atoms with Crippen LogP contribution in [-0.4, -0.2) is 44.9 Å². The molecule has 1 saturated heterocycles. The summed E-state index contributed by atoms with van der Waals surface area (Å²) in [5.41, 5.74) is 2.59. The highest BCUT2D eigenvalue weighted by molar-refractivity contribution is 8.18. The van der Waals surface area contributed by atoms with E-state index in [1.54, 1.807) is 55.1 Å². The summed E-state index contributed by atoms with van der Waals surface area (Å²) in [5.74, 6) is -1.26. The van der Waals surface area contributed by atoms with Gasteiger partial charge in [0.15, 0.2) is 5.17 Å². The molecule has 1 fully saturated rings. The molecule has 9 nitrogen and oxygen atoms in total. The minimum absolute atomic E-state index is 0. The van der Waals surface area contributed by atoms with Crippen molar-refractivity contribution in [1.29, 1.82) is 0 Å². The number of amides is 2. The fraction of sp³-hybridized carbons (Fsp3) is 0.120. The number of thioether (sulfide) groups is 1. The molecule has 36 heavy (non-hydrogen) atoms. The van der Waals surface area contributed by atoms with E-state index in [0.717, 1.165) is 22.9 Å². The molecule has 1 aromatic carbocycles. The smallest absolute Gasteiger partial charge is 0.337 e. The van der Waals surface area contributed by atoms with Gasteiger partial charge >= 0.3 is 5.97 Å². The van der Waals surface area contributed by atoms with Gasteiger partial charge in [0.2, 0.25) is 5.91 Å². The van der Waals surface area contributed by atoms with E-state index in [1.165, 1.54) is 18.1 Å². The number of aromatic nitrogens is 2. The first-order valence-corrected chi connectivity index (χ1v) is 11.4. The first kappa shape index (κ1) is 26.6. The van der Waals surface area contributed by atoms with E-state index in [1.807, 2.05) is 18.2 Å². The van der Waals surface area contributed by atoms with Crippen molar-refractivity contribution >= 4 is 52.8 Å². The first-order valence-electron chi connectivity index (χ1n) is 10.6. The average molecular weight is 524 g/mol. The number of carbonyl (C=O) groups is 3. The molecule has 0 unspecified atom stereocenters. The van der Waals surface area contributed by atoms with Gasteiger partial charge in [-0.05, 0) is 59.3 Å². The minimum atomic E-state index is -0.471. The molecule has 2 amide bonds. The van der Waals surface area contributed by atoms with E-state index < -0.39 is 11.9 Å². The number of amidine groups is 1. The van der Waals surface area contributed by atoms with Gasteiger partial charge < -0.3 is 10.1 Å². The number of pyridine rings is 2. The number of anilines is 1. The van der Waals surface area contributed by atoms with Gasteiger partial charge in [-0.3, -0.25) is 29.4 Å². The van der Waals surface area contributed by atoms with Gasteiger partial charge in [0.25, 0.3) is 5.91 Å². The maximum Gasteiger partial charge on any atom is 0.337 e. The van der Waals surface area contributed by atoms with Gasteiger partial charge in [0.05, 0.1) is 30.7 Å². The zero-order valence-electron chi connectivity index (χ0n) is 19.2. The lowest BCUT2D eigenvalue weighted by molar-refractivity contribution is -0.123. The summed E-state index contributed by atoms with van der Waals surface area (Å²) in [6, 6.07) is 13.7. The first-order chi connectivity index (χ1) is 17.0. The lowest BCUT2D eigenvalue weighted by Crippen LogP contribution is -2.29. The summed E-state index contributed by atoms with van der Waals surface area (Å²) < 4.78 is 4.67. The van der Waals surface area contributed by atoms with Crippen LogP contribution in [0.2, 0.25) is 0 Å². The maximum absolute atomic E-state index is 13.2. The molecule has 1 aliphatic rings. The Hall–Kier alpha value is -4.02. The van der Waals surface area contributed by atoms with Gasteiger partial charge in [-0.25, -0.2) is 4.79 Å². The molecule has 1 N–H and O–H groups in total. The Morgan fingerprint density at radius 1 is 1.06 bits per heavy atom. The average Bonchev–Trinajstić information content (AvgIpc) is 3.17. The highest BCUT2D eigenvalue weighted by atomic mass is 35.5. The zero-order chi connectivity index (χ0) is 24.6. The Kier molecular flexibility index (Phi) is 9.32. The molecule has 184 valence electrons. The van der Waals surface area contributed by atoms with Crippen molar-refractivity contribution in [3.63, 3.8) is 0 Å². The summed E-state index contributed by atoms with van der Waals surface area (Å²) >= 11 is 1.14. The molecule has 4 rings (SSSR count). The van der Waals surface area contributed by atoms with Crippen LogP contribution in [0.4, 0.5) is 5.69 Å². The summed E-state index contributed by atoms with van der Waals surface area (Å²) in [4.78, 5) is 51.9. The maximum atomic E-state index is 13.2. The number of hydrogen-bond donors (Lipinski definition) is 1. The largest absolute Gasteiger partial charge is 0.465 e. The molecule has 0 aliphatic carbocycles. The van der Waals surface area contributed by atoms with Gasteiger partial charge in [0, 0.05) is 36.6 Å². The van der Waals surface area contributed by atoms with Crippen LogP contribution in [0.5, 0.6) is 0 Å². The van der Waals surface area contributed by atoms with E-state index in [9.17, 15) is 14.4 Å². The number of hydrogen-bond acceptors (Lipinski definition) is 8. The predicted octanol–water partition coefficient (Wildman–Crippen LogP) is 3.84. The number of esters is 1. The minimum Gasteiger partial charge on any atom is -0.465 e. The molecular weight excluding hydrogens is 502 g/mol. The Morgan fingerprint density at radius 3 is 2.33 bits per heavy atom. The summed E-state index contributed by atoms with van der Waals surface area (Å²) in [7, 11) is 1.30. The fourth-order valence-corrected chi connectivity index (χ4v) is 4.14. The van der Waals surface area contributed by atoms with Crippen molar-refractivity contribution in [2.45, 2.75) is 13.1 Å². The molecule has 0 bridgehead atoms. The SMILES string of the molecule is COC(=O)c1ccc(NC(=O)/C=C2\SC(=NCc3cccnc3)N(Cc3cccnc3)C2=O)cc1.Cl. The number of ether oxygens (including phenoxy) is 1. The van der Waals surface area contributed by atoms with Crippen LogP contribution in [0.3, 0.4) is 0 Å². The van der Waals surface area contributed by atoms with E-state index >= 15 is 0 Å². The van der Waals surface area contributed by atoms with Crippen molar-refractivity contribution < 1.29 is 19.1 Å². The number of methoxy groups -OCH3 is 1. The third kappa shape index (κ3) is 6.77. The number of carbonyl (C=O) groups excluding carboxylic acids is 3. The van der Waals surface area contributed by atoms with Crippen molar-refractivity contribution in [3.8, 4) is 0 Å². The van der Waals surface area contributed by atoms with Gasteiger partial charge in [0.1, 0.15) is 0 Å². The van der Waals surface area contributed by atoms with Crippen molar-refractivity contribution in [2.24, 2.45) is 4.99 Å². The fourth-order valence-electron chi connectivity index (χ4n) is 3.19. The Morgan fingerprint density at radius 2 is 1.72 bits per heavy atom. The standard InChI is InChI=1S/C25H21N5O4S.ClH/c1-34-24(33)19-6-8-20(9-7-19)29-22(31)12-21-23(32)30(16-18-5-3-11-27-14-18)25(35-21)28-15-17-4-2-10-26-13-17;/h2-14H,15-16H2,1H3,(H,29,31);1H/b21-12-,28-25?;. The summed E-state index contributed by atoms with van der Waals surface area (Å²) in [5, 5.41) is 3.19. The number of benzene rings is 1. The molecule has 3 aromatic rings. The molecule has 2 aromatic heterocycles. The highest BCUT2D eigenvalue weighted by Gasteiger charge is 2.34. The number of aliphatic imine (C=N–C) groups is 1. The van der Waals surface area contributed by atoms with Crippen LogP contribution in [-0.2, 0) is 27.4 Å². The second-order valence-corrected chi connectivity index (χ2v) is 8.39. The second-order valence-electron chi connectivity index (χ2n) is 7.38. The monoisotopic (exact) mass is 523 g/mol. The zero-order valence-corrected chi connectivity index (χ0v) is 20.8. The molecular formula is C25H22ClN5O4S. The Labute approximate surface area is 218 Å². The third-order valence-electron chi connectivity index (χ3n) is 4.91.